The van der Waals surface area contributed by atoms with Gasteiger partial charge < -0.3 is 15.0 Å². The van der Waals surface area contributed by atoms with E-state index >= 15 is 0 Å². The Labute approximate surface area is 134 Å². The molecule has 1 N–H and O–H groups in total. The smallest absolute Gasteiger partial charge is 0.194 e. The van der Waals surface area contributed by atoms with Crippen molar-refractivity contribution in [2.24, 2.45) is 4.99 Å². The van der Waals surface area contributed by atoms with E-state index in [9.17, 15) is 0 Å². The van der Waals surface area contributed by atoms with Crippen LogP contribution < -0.4 is 5.32 Å². The molecule has 122 valence electrons. The van der Waals surface area contributed by atoms with Gasteiger partial charge in [0.15, 0.2) is 5.96 Å². The van der Waals surface area contributed by atoms with Crippen LogP contribution in [0.3, 0.4) is 0 Å². The predicted molar refractivity (Wildman–Crippen MR) is 92.0 cm³/mol. The van der Waals surface area contributed by atoms with Crippen LogP contribution in [0.2, 0.25) is 0 Å². The summed E-state index contributed by atoms with van der Waals surface area (Å²) in [6, 6.07) is 8.53. The molecule has 0 aromatic heterocycles. The van der Waals surface area contributed by atoms with Crippen LogP contribution in [0.4, 0.5) is 0 Å². The monoisotopic (exact) mass is 303 g/mol. The number of benzene rings is 1. The number of rotatable bonds is 6. The Morgan fingerprint density at radius 3 is 2.68 bits per heavy atom. The van der Waals surface area contributed by atoms with Crippen molar-refractivity contribution in [2.45, 2.75) is 52.9 Å². The topological polar surface area (TPSA) is 36.9 Å². The molecule has 0 unspecified atom stereocenters. The number of hydrogen-bond acceptors (Lipinski definition) is 2. The molecule has 1 aromatic carbocycles. The van der Waals surface area contributed by atoms with Gasteiger partial charge in [-0.3, -0.25) is 0 Å². The fraction of sp³-hybridized carbons (Fsp3) is 0.611. The Hall–Kier alpha value is -1.55. The van der Waals surface area contributed by atoms with E-state index in [0.717, 1.165) is 25.6 Å². The molecular formula is C18H29N3O. The van der Waals surface area contributed by atoms with Gasteiger partial charge >= 0.3 is 0 Å². The second kappa shape index (κ2) is 8.79. The highest BCUT2D eigenvalue weighted by atomic mass is 16.5. The molecule has 1 saturated heterocycles. The van der Waals surface area contributed by atoms with Gasteiger partial charge in [0.1, 0.15) is 0 Å². The van der Waals surface area contributed by atoms with Crippen molar-refractivity contribution in [1.82, 2.24) is 10.2 Å². The average molecular weight is 303 g/mol. The minimum Gasteiger partial charge on any atom is -0.374 e. The van der Waals surface area contributed by atoms with Gasteiger partial charge in [0.05, 0.1) is 19.3 Å². The molecule has 4 heteroatoms. The van der Waals surface area contributed by atoms with E-state index in [-0.39, 0.29) is 6.10 Å². The van der Waals surface area contributed by atoms with E-state index in [0.29, 0.717) is 13.2 Å². The van der Waals surface area contributed by atoms with Crippen LogP contribution in [0.5, 0.6) is 0 Å². The number of hydrogen-bond donors (Lipinski definition) is 1. The Kier molecular flexibility index (Phi) is 6.72. The summed E-state index contributed by atoms with van der Waals surface area (Å²) in [4.78, 5) is 7.15. The van der Waals surface area contributed by atoms with Gasteiger partial charge in [-0.1, -0.05) is 24.3 Å². The van der Waals surface area contributed by atoms with E-state index in [2.05, 4.69) is 55.3 Å². The maximum Gasteiger partial charge on any atom is 0.194 e. The highest BCUT2D eigenvalue weighted by molar-refractivity contribution is 5.80. The molecule has 4 nitrogen and oxygen atoms in total. The van der Waals surface area contributed by atoms with Crippen molar-refractivity contribution in [3.05, 3.63) is 35.4 Å². The largest absolute Gasteiger partial charge is 0.374 e. The Morgan fingerprint density at radius 2 is 2.00 bits per heavy atom. The molecule has 0 radical (unpaired) electrons. The summed E-state index contributed by atoms with van der Waals surface area (Å²) < 4.78 is 5.67. The molecule has 0 amide bonds. The summed E-state index contributed by atoms with van der Waals surface area (Å²) in [5, 5.41) is 3.40. The first-order chi connectivity index (χ1) is 10.7. The fourth-order valence-corrected chi connectivity index (χ4v) is 2.60. The zero-order valence-corrected chi connectivity index (χ0v) is 14.1. The molecule has 1 heterocycles. The van der Waals surface area contributed by atoms with Crippen molar-refractivity contribution in [1.29, 1.82) is 0 Å². The van der Waals surface area contributed by atoms with Gasteiger partial charge in [-0.15, -0.1) is 0 Å². The molecule has 1 aliphatic rings. The lowest BCUT2D eigenvalue weighted by molar-refractivity contribution is 0.0657. The maximum absolute atomic E-state index is 5.67. The molecule has 1 aromatic rings. The molecule has 0 atom stereocenters. The molecule has 0 spiro atoms. The van der Waals surface area contributed by atoms with E-state index in [1.807, 2.05) is 0 Å². The van der Waals surface area contributed by atoms with Gasteiger partial charge in [-0.2, -0.15) is 0 Å². The lowest BCUT2D eigenvalue weighted by Gasteiger charge is -2.20. The summed E-state index contributed by atoms with van der Waals surface area (Å²) in [5.74, 6) is 1.05. The number of guanidine groups is 1. The third kappa shape index (κ3) is 5.34. The van der Waals surface area contributed by atoms with E-state index in [1.165, 1.54) is 24.0 Å². The normalized spacial score (nSPS) is 15.6. The second-order valence-electron chi connectivity index (χ2n) is 6.04. The lowest BCUT2D eigenvalue weighted by atomic mass is 10.1. The summed E-state index contributed by atoms with van der Waals surface area (Å²) in [6.45, 7) is 10.8. The van der Waals surface area contributed by atoms with Crippen LogP contribution in [-0.2, 0) is 17.9 Å². The lowest BCUT2D eigenvalue weighted by Crippen LogP contribution is -2.39. The average Bonchev–Trinajstić information content (AvgIpc) is 3.04. The molecule has 2 rings (SSSR count). The summed E-state index contributed by atoms with van der Waals surface area (Å²) in [6.07, 6.45) is 2.80. The van der Waals surface area contributed by atoms with Crippen molar-refractivity contribution in [3.63, 3.8) is 0 Å². The maximum atomic E-state index is 5.67. The zero-order valence-electron chi connectivity index (χ0n) is 14.1. The van der Waals surface area contributed by atoms with Crippen molar-refractivity contribution < 1.29 is 4.74 Å². The second-order valence-corrected chi connectivity index (χ2v) is 6.04. The van der Waals surface area contributed by atoms with Crippen LogP contribution in [-0.4, -0.2) is 36.6 Å². The third-order valence-electron chi connectivity index (χ3n) is 3.73. The van der Waals surface area contributed by atoms with E-state index in [1.54, 1.807) is 0 Å². The minimum absolute atomic E-state index is 0.261. The SMILES string of the molecule is CCNC(=NCc1cccc(COC(C)C)c1)N1CCCC1. The number of ether oxygens (including phenoxy) is 1. The van der Waals surface area contributed by atoms with Gasteiger partial charge in [0.25, 0.3) is 0 Å². The Bertz CT molecular complexity index is 479. The highest BCUT2D eigenvalue weighted by Crippen LogP contribution is 2.11. The van der Waals surface area contributed by atoms with Crippen LogP contribution >= 0.6 is 0 Å². The van der Waals surface area contributed by atoms with E-state index in [4.69, 9.17) is 9.73 Å². The number of nitrogens with zero attached hydrogens (tertiary/aromatic N) is 2. The van der Waals surface area contributed by atoms with Crippen molar-refractivity contribution in [3.8, 4) is 0 Å². The standard InChI is InChI=1S/C18H29N3O/c1-4-19-18(21-10-5-6-11-21)20-13-16-8-7-9-17(12-16)14-22-15(2)3/h7-9,12,15H,4-6,10-11,13-14H2,1-3H3,(H,19,20). The number of nitrogens with one attached hydrogen (secondary N) is 1. The summed E-state index contributed by atoms with van der Waals surface area (Å²) >= 11 is 0. The third-order valence-corrected chi connectivity index (χ3v) is 3.73. The Morgan fingerprint density at radius 1 is 1.27 bits per heavy atom. The van der Waals surface area contributed by atoms with Crippen LogP contribution in [0, 0.1) is 0 Å². The number of aliphatic imine (C=N–C) groups is 1. The molecule has 0 bridgehead atoms. The first-order valence-electron chi connectivity index (χ1n) is 8.41. The molecule has 22 heavy (non-hydrogen) atoms. The Balaban J connectivity index is 1.98. The van der Waals surface area contributed by atoms with Gasteiger partial charge in [-0.05, 0) is 44.7 Å². The predicted octanol–water partition coefficient (Wildman–Crippen LogP) is 3.17. The fourth-order valence-electron chi connectivity index (χ4n) is 2.60. The summed E-state index contributed by atoms with van der Waals surface area (Å²) in [7, 11) is 0. The van der Waals surface area contributed by atoms with Gasteiger partial charge in [0.2, 0.25) is 0 Å². The van der Waals surface area contributed by atoms with Crippen LogP contribution in [0.25, 0.3) is 0 Å². The van der Waals surface area contributed by atoms with Gasteiger partial charge in [-0.25, -0.2) is 4.99 Å². The molecule has 1 aliphatic heterocycles. The molecule has 0 aliphatic carbocycles. The number of likely N-dealkylation sites (tertiary alicyclic amines) is 1. The summed E-state index contributed by atoms with van der Waals surface area (Å²) in [5.41, 5.74) is 2.45. The highest BCUT2D eigenvalue weighted by Gasteiger charge is 2.15. The molecular weight excluding hydrogens is 274 g/mol. The molecule has 0 saturated carbocycles. The minimum atomic E-state index is 0.261. The van der Waals surface area contributed by atoms with Crippen molar-refractivity contribution >= 4 is 5.96 Å². The van der Waals surface area contributed by atoms with Crippen LogP contribution in [0.1, 0.15) is 44.7 Å². The van der Waals surface area contributed by atoms with E-state index < -0.39 is 0 Å². The zero-order chi connectivity index (χ0) is 15.8. The van der Waals surface area contributed by atoms with Gasteiger partial charge in [0, 0.05) is 19.6 Å². The quantitative estimate of drug-likeness (QED) is 0.648. The van der Waals surface area contributed by atoms with Crippen molar-refractivity contribution in [2.75, 3.05) is 19.6 Å². The van der Waals surface area contributed by atoms with Crippen LogP contribution in [0.15, 0.2) is 29.3 Å². The first-order valence-corrected chi connectivity index (χ1v) is 8.41. The molecule has 1 fully saturated rings. The first kappa shape index (κ1) is 16.8.